The van der Waals surface area contributed by atoms with Crippen molar-refractivity contribution >= 4 is 41.2 Å². The first kappa shape index (κ1) is 91.3. The first-order valence-corrected chi connectivity index (χ1v) is 23.1. The molecule has 0 bridgehead atoms. The summed E-state index contributed by atoms with van der Waals surface area (Å²) in [7, 11) is 14.9. The zero-order chi connectivity index (χ0) is 63.3. The first-order chi connectivity index (χ1) is 36.3. The third-order valence-corrected chi connectivity index (χ3v) is 7.13. The minimum absolute atomic E-state index is 0.0529. The minimum atomic E-state index is -4.69. The third kappa shape index (κ3) is 92.4. The van der Waals surface area contributed by atoms with Crippen LogP contribution in [-0.2, 0) is 90.4 Å². The molecule has 3 aliphatic rings. The second kappa shape index (κ2) is 65.1. The normalized spacial score (nSPS) is 14.2. The summed E-state index contributed by atoms with van der Waals surface area (Å²) in [5, 5.41) is 0. The summed E-state index contributed by atoms with van der Waals surface area (Å²) in [4.78, 5) is 72.8. The molecule has 3 rings (SSSR count). The molecule has 3 fully saturated rings. The summed E-state index contributed by atoms with van der Waals surface area (Å²) in [6.07, 6.45) is 5.50. The number of alkyl halides is 3. The molecule has 23 heteroatoms. The van der Waals surface area contributed by atoms with Gasteiger partial charge in [0.2, 0.25) is 5.91 Å². The van der Waals surface area contributed by atoms with Gasteiger partial charge in [-0.2, -0.15) is 13.2 Å². The van der Waals surface area contributed by atoms with Crippen molar-refractivity contribution in [3.8, 4) is 0 Å². The van der Waals surface area contributed by atoms with Gasteiger partial charge in [-0.3, -0.25) is 19.2 Å². The van der Waals surface area contributed by atoms with Crippen LogP contribution in [0.3, 0.4) is 0 Å². The number of carbonyl (C=O) groups is 7. The van der Waals surface area contributed by atoms with Gasteiger partial charge in [-0.25, -0.2) is 14.4 Å². The highest BCUT2D eigenvalue weighted by molar-refractivity contribution is 5.93. The van der Waals surface area contributed by atoms with Crippen molar-refractivity contribution in [2.45, 2.75) is 78.4 Å². The quantitative estimate of drug-likeness (QED) is 0.0163. The molecule has 78 heavy (non-hydrogen) atoms. The molecule has 0 spiro atoms. The molecule has 0 aromatic carbocycles. The molecule has 0 aromatic rings. The predicted octanol–water partition coefficient (Wildman–Crippen LogP) is 8.13. The van der Waals surface area contributed by atoms with Crippen LogP contribution in [0.15, 0.2) is 113 Å². The molecule has 1 amide bonds. The monoisotopic (exact) mass is 1130 g/mol. The van der Waals surface area contributed by atoms with Crippen LogP contribution in [0.5, 0.6) is 0 Å². The molecule has 3 heterocycles. The van der Waals surface area contributed by atoms with Crippen LogP contribution in [0.4, 0.5) is 13.2 Å². The van der Waals surface area contributed by atoms with Gasteiger partial charge in [-0.15, -0.1) is 6.58 Å². The highest BCUT2D eigenvalue weighted by Crippen LogP contribution is 2.25. The average Bonchev–Trinajstić information content (AvgIpc) is 4.36. The van der Waals surface area contributed by atoms with Gasteiger partial charge in [0.15, 0.2) is 17.3 Å². The third-order valence-electron chi connectivity index (χ3n) is 7.13. The summed E-state index contributed by atoms with van der Waals surface area (Å²) in [5.74, 6) is -2.12. The van der Waals surface area contributed by atoms with Crippen LogP contribution in [0, 0.1) is 0 Å². The zero-order valence-corrected chi connectivity index (χ0v) is 49.4. The number of hydrogen-bond acceptors (Lipinski definition) is 19. The number of amides is 1. The minimum Gasteiger partial charge on any atom is -0.505 e. The molecule has 0 N–H and O–H groups in total. The van der Waals surface area contributed by atoms with E-state index in [2.05, 4.69) is 94.6 Å². The fourth-order valence-electron chi connectivity index (χ4n) is 2.49. The Kier molecular flexibility index (Phi) is 76.2. The zero-order valence-electron chi connectivity index (χ0n) is 49.4. The van der Waals surface area contributed by atoms with Crippen molar-refractivity contribution < 1.29 is 104 Å². The molecule has 0 aromatic heterocycles. The number of nitrogens with zero attached hydrogens (tertiary/aromatic N) is 1. The number of epoxide rings is 3. The molecule has 3 unspecified atom stereocenters. The number of methoxy groups -OCH3 is 8. The van der Waals surface area contributed by atoms with Gasteiger partial charge in [0.1, 0.15) is 30.7 Å². The Morgan fingerprint density at radius 1 is 0.679 bits per heavy atom. The molecular formula is C55H94F3NO19. The number of allylic oxidation sites excluding steroid dienone is 2. The lowest BCUT2D eigenvalue weighted by molar-refractivity contribution is -0.148. The second-order valence-corrected chi connectivity index (χ2v) is 14.8. The topological polar surface area (TPSA) is 243 Å². The second-order valence-electron chi connectivity index (χ2n) is 14.8. The SMILES string of the molecule is C=C(C(=O)OC)C(F)(F)F.C=C(C)C(=O)CC.C=C(C)C(=O)OC.C=CC(=O)CC.C=CC(=O)COCOC.C=CC(=O)N(C)C.C=CC(=O)OC.C=CCOC.C=COC.CC1CO1.COCC1(C)CO1.COCC1CO1. The summed E-state index contributed by atoms with van der Waals surface area (Å²) in [6, 6.07) is 0. The summed E-state index contributed by atoms with van der Waals surface area (Å²) < 4.78 is 88.9. The van der Waals surface area contributed by atoms with E-state index in [1.54, 1.807) is 62.5 Å². The van der Waals surface area contributed by atoms with Crippen LogP contribution in [0.1, 0.15) is 54.4 Å². The molecule has 0 aliphatic carbocycles. The Morgan fingerprint density at radius 2 is 1.14 bits per heavy atom. The van der Waals surface area contributed by atoms with E-state index >= 15 is 0 Å². The van der Waals surface area contributed by atoms with E-state index in [9.17, 15) is 46.7 Å². The van der Waals surface area contributed by atoms with Crippen LogP contribution >= 0.6 is 0 Å². The molecule has 454 valence electrons. The van der Waals surface area contributed by atoms with Gasteiger partial charge in [-0.05, 0) is 51.5 Å². The molecule has 0 radical (unpaired) electrons. The Balaban J connectivity index is -0.0000000958. The Labute approximate surface area is 463 Å². The van der Waals surface area contributed by atoms with Gasteiger partial charge in [-0.1, -0.05) is 72.6 Å². The molecule has 3 atom stereocenters. The lowest BCUT2D eigenvalue weighted by Crippen LogP contribution is -2.19. The van der Waals surface area contributed by atoms with Crippen LogP contribution in [-0.4, -0.2) is 194 Å². The molecule has 3 saturated heterocycles. The Hall–Kier alpha value is -6.18. The fourth-order valence-corrected chi connectivity index (χ4v) is 2.49. The van der Waals surface area contributed by atoms with Crippen molar-refractivity contribution in [1.82, 2.24) is 4.90 Å². The highest BCUT2D eigenvalue weighted by Gasteiger charge is 2.39. The highest BCUT2D eigenvalue weighted by atomic mass is 19.4. The lowest BCUT2D eigenvalue weighted by atomic mass is 10.2. The maximum absolute atomic E-state index is 11.5. The van der Waals surface area contributed by atoms with E-state index in [1.165, 1.54) is 50.7 Å². The summed E-state index contributed by atoms with van der Waals surface area (Å²) in [5.41, 5.74) is -0.325. The maximum Gasteiger partial charge on any atom is 0.422 e. The van der Waals surface area contributed by atoms with E-state index in [1.807, 2.05) is 20.8 Å². The van der Waals surface area contributed by atoms with Crippen molar-refractivity contribution in [2.75, 3.05) is 124 Å². The van der Waals surface area contributed by atoms with Crippen molar-refractivity contribution in [2.24, 2.45) is 0 Å². The van der Waals surface area contributed by atoms with Gasteiger partial charge < -0.3 is 61.7 Å². The van der Waals surface area contributed by atoms with E-state index < -0.39 is 23.7 Å². The van der Waals surface area contributed by atoms with Gasteiger partial charge >= 0.3 is 24.1 Å². The van der Waals surface area contributed by atoms with Crippen molar-refractivity contribution in [3.05, 3.63) is 113 Å². The van der Waals surface area contributed by atoms with Gasteiger partial charge in [0.05, 0.1) is 80.4 Å². The molecular weight excluding hydrogens is 1040 g/mol. The van der Waals surface area contributed by atoms with E-state index in [0.717, 1.165) is 46.2 Å². The first-order valence-electron chi connectivity index (χ1n) is 23.1. The number of ketones is 3. The predicted molar refractivity (Wildman–Crippen MR) is 296 cm³/mol. The van der Waals surface area contributed by atoms with Crippen molar-refractivity contribution in [3.63, 3.8) is 0 Å². The number of likely N-dealkylation sites (N-methyl/N-ethyl adjacent to an activating group) is 1. The summed E-state index contributed by atoms with van der Waals surface area (Å²) >= 11 is 0. The number of ether oxygens (including phenoxy) is 12. The van der Waals surface area contributed by atoms with Crippen LogP contribution in [0.2, 0.25) is 0 Å². The Bertz CT molecular complexity index is 1630. The van der Waals surface area contributed by atoms with Crippen LogP contribution < -0.4 is 0 Å². The van der Waals surface area contributed by atoms with E-state index in [4.69, 9.17) is 28.4 Å². The molecule has 3 aliphatic heterocycles. The van der Waals surface area contributed by atoms with Gasteiger partial charge in [0.25, 0.3) is 0 Å². The van der Waals surface area contributed by atoms with Gasteiger partial charge in [0, 0.05) is 67.0 Å². The number of Topliss-reactive ketones (excluding diaryl/α,β-unsaturated/α-hetero) is 1. The van der Waals surface area contributed by atoms with Crippen molar-refractivity contribution in [1.29, 1.82) is 0 Å². The molecule has 0 saturated carbocycles. The maximum atomic E-state index is 11.5. The average molecular weight is 1130 g/mol. The molecule has 20 nitrogen and oxygen atoms in total. The Morgan fingerprint density at radius 3 is 1.23 bits per heavy atom. The van der Waals surface area contributed by atoms with Crippen LogP contribution in [0.25, 0.3) is 0 Å². The number of rotatable bonds is 20. The largest absolute Gasteiger partial charge is 0.505 e. The van der Waals surface area contributed by atoms with E-state index in [-0.39, 0.29) is 48.2 Å². The summed E-state index contributed by atoms with van der Waals surface area (Å²) in [6.45, 7) is 45.2. The fraction of sp³-hybridized carbons (Fsp3) is 0.545. The number of hydrogen-bond donors (Lipinski definition) is 0. The van der Waals surface area contributed by atoms with E-state index in [0.29, 0.717) is 42.8 Å². The number of halogens is 3. The number of carbonyl (C=O) groups excluding carboxylic acids is 7. The smallest absolute Gasteiger partial charge is 0.422 e. The standard InChI is InChI=1S/C6H10O3.C6H10O.C5H5F3O2.C5H9NO.C5H10O2.C5H8O2.C5H8O.C4H8O2.C4H6O2.C4H8O.2C3H6O/c1-3-6(7)4-9-5-8-2;1-4-6(7)5(2)3;1-3(4(9)10-2)5(6,7)8;1-4-5(7)6(2)3;1-5(3-6-2)4-7-5;1-4(2)5(6)7-3;1-3-5(6)4-2;1-5-2-4-3-6-4;1-3-4(5)6-2;1-3-4-5-2;1-3-2-4-3;1-3-4-2/h3H,1,4-5H2,2H3;2,4H2,1,3H3;1H2,2H3;4H,1H2,2-3H3;3-4H2,1-2H3;1H2,2-3H3;3H,1,4H2,2H3;4H,2-3H2,1H3;3H,1H2,2H3;3H,1,4H2,2H3;3H,2H2,1H3;3H,1H2,2H3. The number of esters is 3. The lowest BCUT2D eigenvalue weighted by Gasteiger charge is -2.05.